The first-order valence-electron chi connectivity index (χ1n) is 5.47. The smallest absolute Gasteiger partial charge is 0.422 e. The van der Waals surface area contributed by atoms with Crippen molar-refractivity contribution in [3.63, 3.8) is 0 Å². The lowest BCUT2D eigenvalue weighted by Crippen LogP contribution is -2.35. The van der Waals surface area contributed by atoms with Crippen molar-refractivity contribution in [2.75, 3.05) is 27.2 Å². The summed E-state index contributed by atoms with van der Waals surface area (Å²) in [5.74, 6) is 0. The van der Waals surface area contributed by atoms with Gasteiger partial charge in [0.15, 0.2) is 6.61 Å². The molecule has 0 aromatic carbocycles. The van der Waals surface area contributed by atoms with Gasteiger partial charge in [-0.05, 0) is 25.5 Å². The number of halogens is 3. The number of alkyl halides is 3. The maximum atomic E-state index is 11.9. The molecule has 0 aliphatic heterocycles. The molecular weight excluding hydrogens is 281 g/mol. The first-order chi connectivity index (χ1) is 8.79. The summed E-state index contributed by atoms with van der Waals surface area (Å²) in [6.07, 6.45) is -5.58. The molecule has 1 amide bonds. The molecule has 0 spiro atoms. The van der Waals surface area contributed by atoms with E-state index in [1.807, 2.05) is 36.5 Å². The molecule has 0 bridgehead atoms. The summed E-state index contributed by atoms with van der Waals surface area (Å²) in [5, 5.41) is 4.23. The number of nitrogens with one attached hydrogen (secondary N) is 1. The van der Waals surface area contributed by atoms with Gasteiger partial charge in [0.2, 0.25) is 0 Å². The molecule has 0 radical (unpaired) electrons. The Labute approximate surface area is 113 Å². The van der Waals surface area contributed by atoms with Crippen molar-refractivity contribution in [2.24, 2.45) is 0 Å². The van der Waals surface area contributed by atoms with E-state index in [-0.39, 0.29) is 12.6 Å². The Morgan fingerprint density at radius 3 is 2.68 bits per heavy atom. The van der Waals surface area contributed by atoms with Crippen LogP contribution in [0.1, 0.15) is 10.9 Å². The van der Waals surface area contributed by atoms with Crippen LogP contribution in [0, 0.1) is 0 Å². The summed E-state index contributed by atoms with van der Waals surface area (Å²) in [7, 11) is 3.65. The fourth-order valence-corrected chi connectivity index (χ4v) is 2.32. The molecule has 0 aliphatic carbocycles. The summed E-state index contributed by atoms with van der Waals surface area (Å²) >= 11 is 1.51. The molecule has 1 N–H and O–H groups in total. The third-order valence-electron chi connectivity index (χ3n) is 2.30. The number of amides is 1. The van der Waals surface area contributed by atoms with Gasteiger partial charge in [0.05, 0.1) is 6.04 Å². The average molecular weight is 296 g/mol. The van der Waals surface area contributed by atoms with Crippen LogP contribution >= 0.6 is 11.3 Å². The standard InChI is InChI=1S/C11H15F3N2O2S/c1-16(2)8(9-4-3-5-19-9)6-15-10(17)18-7-11(12,13)14/h3-5,8H,6-7H2,1-2H3,(H,15,17)/t8-/m1/s1. The second kappa shape index (κ2) is 6.76. The van der Waals surface area contributed by atoms with Gasteiger partial charge in [0.25, 0.3) is 0 Å². The zero-order valence-electron chi connectivity index (χ0n) is 10.5. The fourth-order valence-electron chi connectivity index (χ4n) is 1.40. The van der Waals surface area contributed by atoms with Gasteiger partial charge in [-0.25, -0.2) is 4.79 Å². The molecule has 108 valence electrons. The Kier molecular flexibility index (Phi) is 5.61. The van der Waals surface area contributed by atoms with Gasteiger partial charge in [-0.1, -0.05) is 6.07 Å². The lowest BCUT2D eigenvalue weighted by atomic mass is 10.2. The monoisotopic (exact) mass is 296 g/mol. The molecule has 1 aromatic heterocycles. The largest absolute Gasteiger partial charge is 0.440 e. The summed E-state index contributed by atoms with van der Waals surface area (Å²) in [5.41, 5.74) is 0. The fraction of sp³-hybridized carbons (Fsp3) is 0.545. The molecule has 4 nitrogen and oxygen atoms in total. The molecule has 0 fully saturated rings. The number of nitrogens with zero attached hydrogens (tertiary/aromatic N) is 1. The van der Waals surface area contributed by atoms with Crippen LogP contribution in [-0.4, -0.2) is 44.4 Å². The number of carbonyl (C=O) groups excluding carboxylic acids is 1. The number of alkyl carbamates (subject to hydrolysis) is 1. The van der Waals surface area contributed by atoms with Crippen molar-refractivity contribution in [1.29, 1.82) is 0 Å². The van der Waals surface area contributed by atoms with E-state index in [0.29, 0.717) is 0 Å². The van der Waals surface area contributed by atoms with Crippen LogP contribution in [0.2, 0.25) is 0 Å². The molecule has 0 unspecified atom stereocenters. The Bertz CT molecular complexity index is 393. The van der Waals surface area contributed by atoms with Crippen LogP contribution < -0.4 is 5.32 Å². The summed E-state index contributed by atoms with van der Waals surface area (Å²) in [6, 6.07) is 3.68. The van der Waals surface area contributed by atoms with Crippen molar-refractivity contribution in [3.8, 4) is 0 Å². The third-order valence-corrected chi connectivity index (χ3v) is 3.28. The topological polar surface area (TPSA) is 41.6 Å². The first-order valence-corrected chi connectivity index (χ1v) is 6.35. The van der Waals surface area contributed by atoms with Crippen molar-refractivity contribution in [2.45, 2.75) is 12.2 Å². The molecule has 0 aliphatic rings. The van der Waals surface area contributed by atoms with Crippen LogP contribution in [0.4, 0.5) is 18.0 Å². The van der Waals surface area contributed by atoms with Gasteiger partial charge in [-0.15, -0.1) is 11.3 Å². The van der Waals surface area contributed by atoms with Crippen molar-refractivity contribution in [3.05, 3.63) is 22.4 Å². The quantitative estimate of drug-likeness (QED) is 0.908. The molecule has 1 heterocycles. The van der Waals surface area contributed by atoms with Crippen molar-refractivity contribution >= 4 is 17.4 Å². The third kappa shape index (κ3) is 5.93. The zero-order valence-corrected chi connectivity index (χ0v) is 11.3. The predicted molar refractivity (Wildman–Crippen MR) is 66.2 cm³/mol. The molecule has 19 heavy (non-hydrogen) atoms. The van der Waals surface area contributed by atoms with E-state index in [2.05, 4.69) is 10.1 Å². The molecule has 8 heteroatoms. The highest BCUT2D eigenvalue weighted by molar-refractivity contribution is 7.10. The van der Waals surface area contributed by atoms with Gasteiger partial charge in [0.1, 0.15) is 0 Å². The zero-order chi connectivity index (χ0) is 14.5. The number of hydrogen-bond acceptors (Lipinski definition) is 4. The molecule has 1 aromatic rings. The van der Waals surface area contributed by atoms with E-state index in [9.17, 15) is 18.0 Å². The van der Waals surface area contributed by atoms with E-state index in [0.717, 1.165) is 4.88 Å². The van der Waals surface area contributed by atoms with E-state index in [1.54, 1.807) is 0 Å². The van der Waals surface area contributed by atoms with Crippen LogP contribution in [0.5, 0.6) is 0 Å². The summed E-state index contributed by atoms with van der Waals surface area (Å²) < 4.78 is 39.6. The number of ether oxygens (including phenoxy) is 1. The summed E-state index contributed by atoms with van der Waals surface area (Å²) in [6.45, 7) is -1.39. The second-order valence-corrected chi connectivity index (χ2v) is 5.05. The Hall–Kier alpha value is -1.28. The van der Waals surface area contributed by atoms with Crippen LogP contribution in [0.15, 0.2) is 17.5 Å². The Balaban J connectivity index is 2.43. The molecule has 0 saturated carbocycles. The van der Waals surface area contributed by atoms with Crippen LogP contribution in [-0.2, 0) is 4.74 Å². The Morgan fingerprint density at radius 2 is 2.21 bits per heavy atom. The van der Waals surface area contributed by atoms with Crippen molar-refractivity contribution < 1.29 is 22.7 Å². The van der Waals surface area contributed by atoms with Gasteiger partial charge in [-0.3, -0.25) is 0 Å². The van der Waals surface area contributed by atoms with E-state index in [1.165, 1.54) is 11.3 Å². The van der Waals surface area contributed by atoms with Gasteiger partial charge in [0, 0.05) is 11.4 Å². The van der Waals surface area contributed by atoms with Crippen LogP contribution in [0.3, 0.4) is 0 Å². The number of likely N-dealkylation sites (N-methyl/N-ethyl adjacent to an activating group) is 1. The first kappa shape index (κ1) is 15.8. The SMILES string of the molecule is CN(C)[C@H](CNC(=O)OCC(F)(F)F)c1cccs1. The van der Waals surface area contributed by atoms with E-state index in [4.69, 9.17) is 0 Å². The molecule has 1 rings (SSSR count). The predicted octanol–water partition coefficient (Wildman–Crippen LogP) is 2.64. The van der Waals surface area contributed by atoms with Gasteiger partial charge < -0.3 is 15.0 Å². The highest BCUT2D eigenvalue weighted by Gasteiger charge is 2.29. The maximum absolute atomic E-state index is 11.9. The lowest BCUT2D eigenvalue weighted by molar-refractivity contribution is -0.160. The molecule has 0 saturated heterocycles. The average Bonchev–Trinajstić information content (AvgIpc) is 2.78. The highest BCUT2D eigenvalue weighted by atomic mass is 32.1. The minimum Gasteiger partial charge on any atom is -0.440 e. The minimum absolute atomic E-state index is 0.0987. The lowest BCUT2D eigenvalue weighted by Gasteiger charge is -2.23. The van der Waals surface area contributed by atoms with Gasteiger partial charge in [-0.2, -0.15) is 13.2 Å². The van der Waals surface area contributed by atoms with E-state index < -0.39 is 18.9 Å². The summed E-state index contributed by atoms with van der Waals surface area (Å²) in [4.78, 5) is 14.0. The minimum atomic E-state index is -4.51. The number of hydrogen-bond donors (Lipinski definition) is 1. The number of thiophene rings is 1. The van der Waals surface area contributed by atoms with E-state index >= 15 is 0 Å². The second-order valence-electron chi connectivity index (χ2n) is 4.07. The highest BCUT2D eigenvalue weighted by Crippen LogP contribution is 2.22. The van der Waals surface area contributed by atoms with Crippen molar-refractivity contribution in [1.82, 2.24) is 10.2 Å². The number of carbonyl (C=O) groups is 1. The molecule has 1 atom stereocenters. The van der Waals surface area contributed by atoms with Gasteiger partial charge >= 0.3 is 12.3 Å². The normalized spacial score (nSPS) is 13.4. The number of rotatable bonds is 5. The molecular formula is C11H15F3N2O2S. The Morgan fingerprint density at radius 1 is 1.53 bits per heavy atom. The van der Waals surface area contributed by atoms with Crippen LogP contribution in [0.25, 0.3) is 0 Å². The maximum Gasteiger partial charge on any atom is 0.422 e.